The predicted octanol–water partition coefficient (Wildman–Crippen LogP) is 5.16. The van der Waals surface area contributed by atoms with Gasteiger partial charge in [0.15, 0.2) is 5.76 Å². The van der Waals surface area contributed by atoms with E-state index in [1.807, 2.05) is 43.3 Å². The van der Waals surface area contributed by atoms with Gasteiger partial charge in [0.1, 0.15) is 17.1 Å². The van der Waals surface area contributed by atoms with Crippen molar-refractivity contribution in [2.75, 3.05) is 19.5 Å². The lowest BCUT2D eigenvalue weighted by Crippen LogP contribution is -2.12. The molecule has 1 heterocycles. The molecule has 0 aliphatic carbocycles. The van der Waals surface area contributed by atoms with Gasteiger partial charge in [-0.3, -0.25) is 4.79 Å². The average Bonchev–Trinajstić information content (AvgIpc) is 3.04. The van der Waals surface area contributed by atoms with Crippen molar-refractivity contribution in [3.63, 3.8) is 0 Å². The molecule has 5 heteroatoms. The molecule has 3 aromatic carbocycles. The van der Waals surface area contributed by atoms with Crippen LogP contribution in [0.25, 0.3) is 21.7 Å². The zero-order valence-corrected chi connectivity index (χ0v) is 15.3. The van der Waals surface area contributed by atoms with Crippen LogP contribution < -0.4 is 14.8 Å². The van der Waals surface area contributed by atoms with Crippen molar-refractivity contribution in [3.05, 3.63) is 65.9 Å². The minimum Gasteiger partial charge on any atom is -0.497 e. The lowest BCUT2D eigenvalue weighted by Gasteiger charge is -2.09. The van der Waals surface area contributed by atoms with Gasteiger partial charge in [0, 0.05) is 40.2 Å². The molecule has 5 nitrogen and oxygen atoms in total. The van der Waals surface area contributed by atoms with Crippen molar-refractivity contribution in [3.8, 4) is 11.5 Å². The quantitative estimate of drug-likeness (QED) is 0.545. The first-order valence-electron chi connectivity index (χ1n) is 8.56. The molecule has 0 fully saturated rings. The third-order valence-electron chi connectivity index (χ3n) is 4.64. The van der Waals surface area contributed by atoms with E-state index in [1.54, 1.807) is 32.4 Å². The monoisotopic (exact) mass is 361 g/mol. The van der Waals surface area contributed by atoms with Crippen molar-refractivity contribution in [2.45, 2.75) is 6.92 Å². The Kier molecular flexibility index (Phi) is 4.20. The minimum absolute atomic E-state index is 0.295. The van der Waals surface area contributed by atoms with Gasteiger partial charge >= 0.3 is 0 Å². The molecular formula is C22H19NO4. The maximum absolute atomic E-state index is 12.9. The van der Waals surface area contributed by atoms with Crippen LogP contribution in [-0.2, 0) is 0 Å². The van der Waals surface area contributed by atoms with Crippen molar-refractivity contribution in [1.29, 1.82) is 0 Å². The molecule has 1 aromatic heterocycles. The van der Waals surface area contributed by atoms with E-state index in [4.69, 9.17) is 13.9 Å². The molecule has 0 spiro atoms. The fourth-order valence-corrected chi connectivity index (χ4v) is 3.23. The van der Waals surface area contributed by atoms with Crippen LogP contribution >= 0.6 is 0 Å². The number of fused-ring (bicyclic) bond motifs is 3. The number of hydrogen-bond acceptors (Lipinski definition) is 4. The highest BCUT2D eigenvalue weighted by Gasteiger charge is 2.19. The molecule has 0 atom stereocenters. The van der Waals surface area contributed by atoms with Gasteiger partial charge in [-0.15, -0.1) is 0 Å². The molecule has 1 amide bonds. The normalized spacial score (nSPS) is 10.9. The highest BCUT2D eigenvalue weighted by atomic mass is 16.5. The van der Waals surface area contributed by atoms with Crippen LogP contribution in [0.5, 0.6) is 11.5 Å². The van der Waals surface area contributed by atoms with Gasteiger partial charge in [0.25, 0.3) is 5.91 Å². The second-order valence-electron chi connectivity index (χ2n) is 6.28. The number of nitrogens with one attached hydrogen (secondary N) is 1. The van der Waals surface area contributed by atoms with E-state index in [0.29, 0.717) is 22.9 Å². The third kappa shape index (κ3) is 2.97. The van der Waals surface area contributed by atoms with Crippen LogP contribution in [0.3, 0.4) is 0 Å². The number of anilines is 1. The van der Waals surface area contributed by atoms with Crippen molar-refractivity contribution < 1.29 is 18.7 Å². The molecule has 1 N–H and O–H groups in total. The SMILES string of the molecule is COc1cc(NC(=O)c2oc3c(ccc4ccccc43)c2C)cc(OC)c1. The Morgan fingerprint density at radius 1 is 0.926 bits per heavy atom. The summed E-state index contributed by atoms with van der Waals surface area (Å²) in [5.74, 6) is 1.17. The molecule has 0 aliphatic heterocycles. The van der Waals surface area contributed by atoms with Crippen LogP contribution in [0.2, 0.25) is 0 Å². The Hall–Kier alpha value is -3.47. The van der Waals surface area contributed by atoms with E-state index in [1.165, 1.54) is 0 Å². The molecule has 0 saturated heterocycles. The maximum atomic E-state index is 12.9. The number of carbonyl (C=O) groups excluding carboxylic acids is 1. The number of methoxy groups -OCH3 is 2. The van der Waals surface area contributed by atoms with Crippen LogP contribution in [0.15, 0.2) is 59.0 Å². The summed E-state index contributed by atoms with van der Waals surface area (Å²) in [4.78, 5) is 12.9. The van der Waals surface area contributed by atoms with Crippen LogP contribution in [0, 0.1) is 6.92 Å². The molecule has 0 bridgehead atoms. The zero-order chi connectivity index (χ0) is 19.0. The Labute approximate surface area is 156 Å². The molecule has 0 saturated carbocycles. The first-order chi connectivity index (χ1) is 13.1. The lowest BCUT2D eigenvalue weighted by molar-refractivity contribution is 0.0998. The summed E-state index contributed by atoms with van der Waals surface area (Å²) in [7, 11) is 3.13. The number of aryl methyl sites for hydroxylation is 1. The van der Waals surface area contributed by atoms with Crippen LogP contribution in [0.4, 0.5) is 5.69 Å². The van der Waals surface area contributed by atoms with Gasteiger partial charge in [0.2, 0.25) is 0 Å². The van der Waals surface area contributed by atoms with Gasteiger partial charge in [-0.2, -0.15) is 0 Å². The molecular weight excluding hydrogens is 342 g/mol. The minimum atomic E-state index is -0.317. The molecule has 27 heavy (non-hydrogen) atoms. The standard InChI is InChI=1S/C22H19NO4/c1-13-18-9-8-14-6-4-5-7-19(14)21(18)27-20(13)22(24)23-15-10-16(25-2)12-17(11-15)26-3/h4-12H,1-3H3,(H,23,24). The van der Waals surface area contributed by atoms with E-state index in [2.05, 4.69) is 5.32 Å². The van der Waals surface area contributed by atoms with Crippen LogP contribution in [-0.4, -0.2) is 20.1 Å². The first-order valence-corrected chi connectivity index (χ1v) is 8.56. The van der Waals surface area contributed by atoms with E-state index in [-0.39, 0.29) is 5.91 Å². The Morgan fingerprint density at radius 3 is 2.33 bits per heavy atom. The van der Waals surface area contributed by atoms with E-state index < -0.39 is 0 Å². The third-order valence-corrected chi connectivity index (χ3v) is 4.64. The Bertz CT molecular complexity index is 1140. The molecule has 4 rings (SSSR count). The van der Waals surface area contributed by atoms with Crippen LogP contribution in [0.1, 0.15) is 16.1 Å². The van der Waals surface area contributed by atoms with Gasteiger partial charge in [-0.1, -0.05) is 36.4 Å². The summed E-state index contributed by atoms with van der Waals surface area (Å²) in [6.45, 7) is 1.89. The van der Waals surface area contributed by atoms with Crippen molar-refractivity contribution in [2.24, 2.45) is 0 Å². The highest BCUT2D eigenvalue weighted by Crippen LogP contribution is 2.32. The molecule has 0 unspecified atom stereocenters. The summed E-state index contributed by atoms with van der Waals surface area (Å²) in [5, 5.41) is 5.86. The number of furan rings is 1. The van der Waals surface area contributed by atoms with Gasteiger partial charge in [-0.25, -0.2) is 0 Å². The van der Waals surface area contributed by atoms with E-state index in [9.17, 15) is 4.79 Å². The number of amides is 1. The highest BCUT2D eigenvalue weighted by molar-refractivity contribution is 6.11. The lowest BCUT2D eigenvalue weighted by atomic mass is 10.1. The topological polar surface area (TPSA) is 60.7 Å². The summed E-state index contributed by atoms with van der Waals surface area (Å²) < 4.78 is 16.5. The fraction of sp³-hybridized carbons (Fsp3) is 0.136. The number of hydrogen-bond donors (Lipinski definition) is 1. The second-order valence-corrected chi connectivity index (χ2v) is 6.28. The van der Waals surface area contributed by atoms with Gasteiger partial charge in [-0.05, 0) is 12.3 Å². The largest absolute Gasteiger partial charge is 0.497 e. The van der Waals surface area contributed by atoms with Crippen molar-refractivity contribution in [1.82, 2.24) is 0 Å². The number of ether oxygens (including phenoxy) is 2. The van der Waals surface area contributed by atoms with Gasteiger partial charge < -0.3 is 19.2 Å². The second kappa shape index (κ2) is 6.68. The Morgan fingerprint density at radius 2 is 1.63 bits per heavy atom. The molecule has 0 aliphatic rings. The Balaban J connectivity index is 1.75. The maximum Gasteiger partial charge on any atom is 0.291 e. The van der Waals surface area contributed by atoms with E-state index in [0.717, 1.165) is 27.3 Å². The smallest absolute Gasteiger partial charge is 0.291 e. The molecule has 136 valence electrons. The predicted molar refractivity (Wildman–Crippen MR) is 106 cm³/mol. The molecule has 4 aromatic rings. The number of benzene rings is 3. The fourth-order valence-electron chi connectivity index (χ4n) is 3.23. The molecule has 0 radical (unpaired) electrons. The summed E-state index contributed by atoms with van der Waals surface area (Å²) in [6.07, 6.45) is 0. The zero-order valence-electron chi connectivity index (χ0n) is 15.3. The van der Waals surface area contributed by atoms with E-state index >= 15 is 0 Å². The average molecular weight is 361 g/mol. The number of rotatable bonds is 4. The summed E-state index contributed by atoms with van der Waals surface area (Å²) >= 11 is 0. The summed E-state index contributed by atoms with van der Waals surface area (Å²) in [5.41, 5.74) is 2.10. The summed E-state index contributed by atoms with van der Waals surface area (Å²) in [6, 6.07) is 17.2. The first kappa shape index (κ1) is 17.0. The van der Waals surface area contributed by atoms with Gasteiger partial charge in [0.05, 0.1) is 14.2 Å². The number of carbonyl (C=O) groups is 1. The van der Waals surface area contributed by atoms with Crippen molar-refractivity contribution >= 4 is 33.3 Å².